The Balaban J connectivity index is 1.65. The second-order valence-electron chi connectivity index (χ2n) is 6.75. The number of rotatable bonds is 8. The number of hydrogen-bond acceptors (Lipinski definition) is 5. The van der Waals surface area contributed by atoms with Gasteiger partial charge in [-0.25, -0.2) is 4.79 Å². The summed E-state index contributed by atoms with van der Waals surface area (Å²) in [4.78, 5) is 32.4. The molecular formula is C22H25N3O4. The molecule has 2 aromatic heterocycles. The fourth-order valence-corrected chi connectivity index (χ4v) is 3.34. The second kappa shape index (κ2) is 9.34. The van der Waals surface area contributed by atoms with Crippen molar-refractivity contribution in [3.05, 3.63) is 64.6 Å². The summed E-state index contributed by atoms with van der Waals surface area (Å²) < 4.78 is 10.1. The maximum Gasteiger partial charge on any atom is 0.340 e. The van der Waals surface area contributed by atoms with Gasteiger partial charge in [-0.3, -0.25) is 9.78 Å². The molecule has 152 valence electrons. The van der Waals surface area contributed by atoms with Gasteiger partial charge in [0.2, 0.25) is 0 Å². The fraction of sp³-hybridized carbons (Fsp3) is 0.318. The summed E-state index contributed by atoms with van der Waals surface area (Å²) in [5.74, 6) is -0.719. The number of ether oxygens (including phenoxy) is 2. The Bertz CT molecular complexity index is 1020. The van der Waals surface area contributed by atoms with Gasteiger partial charge in [0.05, 0.1) is 17.7 Å². The first-order valence-electron chi connectivity index (χ1n) is 9.49. The van der Waals surface area contributed by atoms with Crippen molar-refractivity contribution in [3.8, 4) is 0 Å². The third kappa shape index (κ3) is 4.63. The fourth-order valence-electron chi connectivity index (χ4n) is 3.34. The minimum absolute atomic E-state index is 0.167. The number of hydrogen-bond donors (Lipinski definition) is 2. The quantitative estimate of drug-likeness (QED) is 0.452. The molecule has 2 heterocycles. The molecule has 0 radical (unpaired) electrons. The molecule has 7 heteroatoms. The van der Waals surface area contributed by atoms with Crippen molar-refractivity contribution < 1.29 is 19.1 Å². The van der Waals surface area contributed by atoms with Crippen molar-refractivity contribution in [3.63, 3.8) is 0 Å². The number of pyridine rings is 1. The summed E-state index contributed by atoms with van der Waals surface area (Å²) >= 11 is 0. The van der Waals surface area contributed by atoms with E-state index in [0.717, 1.165) is 16.5 Å². The van der Waals surface area contributed by atoms with Crippen LogP contribution in [0.5, 0.6) is 0 Å². The number of H-pyrrole nitrogens is 1. The molecule has 0 fully saturated rings. The molecule has 0 aliphatic rings. The predicted molar refractivity (Wildman–Crippen MR) is 110 cm³/mol. The minimum Gasteiger partial charge on any atom is -0.460 e. The molecule has 0 atom stereocenters. The Morgan fingerprint density at radius 3 is 2.72 bits per heavy atom. The number of nitrogens with zero attached hydrogens (tertiary/aromatic N) is 1. The molecule has 2 N–H and O–H groups in total. The Labute approximate surface area is 169 Å². The van der Waals surface area contributed by atoms with Crippen molar-refractivity contribution >= 4 is 22.8 Å². The predicted octanol–water partition coefficient (Wildman–Crippen LogP) is 2.96. The second-order valence-corrected chi connectivity index (χ2v) is 6.75. The Hall–Kier alpha value is -3.19. The van der Waals surface area contributed by atoms with Crippen molar-refractivity contribution in [2.75, 3.05) is 26.9 Å². The lowest BCUT2D eigenvalue weighted by Crippen LogP contribution is -2.26. The molecule has 0 saturated heterocycles. The number of carbonyl (C=O) groups is 2. The van der Waals surface area contributed by atoms with E-state index in [1.807, 2.05) is 30.3 Å². The van der Waals surface area contributed by atoms with Gasteiger partial charge in [-0.05, 0) is 37.5 Å². The van der Waals surface area contributed by atoms with Crippen LogP contribution in [0.15, 0.2) is 36.5 Å². The van der Waals surface area contributed by atoms with E-state index in [4.69, 9.17) is 9.47 Å². The van der Waals surface area contributed by atoms with Crippen LogP contribution in [0.4, 0.5) is 0 Å². The number of benzene rings is 1. The van der Waals surface area contributed by atoms with Crippen molar-refractivity contribution in [2.45, 2.75) is 20.3 Å². The van der Waals surface area contributed by atoms with Gasteiger partial charge < -0.3 is 19.8 Å². The van der Waals surface area contributed by atoms with E-state index in [9.17, 15) is 9.59 Å². The average Bonchev–Trinajstić information content (AvgIpc) is 3.02. The van der Waals surface area contributed by atoms with Crippen LogP contribution >= 0.6 is 0 Å². The molecular weight excluding hydrogens is 370 g/mol. The first-order chi connectivity index (χ1) is 14.0. The zero-order valence-corrected chi connectivity index (χ0v) is 16.9. The largest absolute Gasteiger partial charge is 0.460 e. The van der Waals surface area contributed by atoms with Crippen molar-refractivity contribution in [1.29, 1.82) is 0 Å². The van der Waals surface area contributed by atoms with E-state index in [1.54, 1.807) is 20.0 Å². The van der Waals surface area contributed by atoms with Crippen LogP contribution in [-0.2, 0) is 15.9 Å². The molecule has 0 bridgehead atoms. The average molecular weight is 395 g/mol. The molecule has 1 amide bonds. The number of aromatic amines is 1. The minimum atomic E-state index is -0.464. The van der Waals surface area contributed by atoms with E-state index >= 15 is 0 Å². The zero-order chi connectivity index (χ0) is 20.8. The van der Waals surface area contributed by atoms with Crippen LogP contribution in [0.1, 0.15) is 37.7 Å². The molecule has 3 rings (SSSR count). The summed E-state index contributed by atoms with van der Waals surface area (Å²) in [6.45, 7) is 4.43. The number of esters is 1. The monoisotopic (exact) mass is 395 g/mol. The smallest absolute Gasteiger partial charge is 0.340 e. The molecule has 0 spiro atoms. The number of methoxy groups -OCH3 is 1. The summed E-state index contributed by atoms with van der Waals surface area (Å²) in [5, 5.41) is 3.99. The summed E-state index contributed by atoms with van der Waals surface area (Å²) in [7, 11) is 1.54. The van der Waals surface area contributed by atoms with Gasteiger partial charge in [-0.2, -0.15) is 0 Å². The number of para-hydroxylation sites is 1. The van der Waals surface area contributed by atoms with E-state index in [2.05, 4.69) is 15.3 Å². The molecule has 0 unspecified atom stereocenters. The first kappa shape index (κ1) is 20.5. The summed E-state index contributed by atoms with van der Waals surface area (Å²) in [6.07, 6.45) is 2.42. The highest BCUT2D eigenvalue weighted by Gasteiger charge is 2.22. The molecule has 1 aromatic carbocycles. The van der Waals surface area contributed by atoms with Crippen molar-refractivity contribution in [2.24, 2.45) is 0 Å². The molecule has 3 aromatic rings. The maximum absolute atomic E-state index is 12.6. The van der Waals surface area contributed by atoms with Gasteiger partial charge in [0.1, 0.15) is 12.3 Å². The SMILES string of the molecule is COCCOC(=O)c1c(C)[nH]c(C(=O)NCCc2cccc3cccnc23)c1C. The lowest BCUT2D eigenvalue weighted by atomic mass is 10.1. The third-order valence-corrected chi connectivity index (χ3v) is 4.79. The summed E-state index contributed by atoms with van der Waals surface area (Å²) in [6, 6.07) is 9.94. The van der Waals surface area contributed by atoms with E-state index in [1.165, 1.54) is 7.11 Å². The number of nitrogens with one attached hydrogen (secondary N) is 2. The number of amides is 1. The van der Waals surface area contributed by atoms with E-state index < -0.39 is 5.97 Å². The number of aryl methyl sites for hydroxylation is 1. The number of fused-ring (bicyclic) bond motifs is 1. The molecule has 29 heavy (non-hydrogen) atoms. The zero-order valence-electron chi connectivity index (χ0n) is 16.9. The van der Waals surface area contributed by atoms with Crippen LogP contribution in [0, 0.1) is 13.8 Å². The Morgan fingerprint density at radius 2 is 1.93 bits per heavy atom. The van der Waals surface area contributed by atoms with Crippen LogP contribution < -0.4 is 5.32 Å². The standard InChI is InChI=1S/C22H25N3O4/c1-14-18(22(27)29-13-12-28-3)15(2)25-19(14)21(26)24-11-9-17-7-4-6-16-8-5-10-23-20(16)17/h4-8,10,25H,9,11-13H2,1-3H3,(H,24,26). The highest BCUT2D eigenvalue weighted by Crippen LogP contribution is 2.19. The maximum atomic E-state index is 12.6. The number of carbonyl (C=O) groups excluding carboxylic acids is 2. The third-order valence-electron chi connectivity index (χ3n) is 4.79. The Morgan fingerprint density at radius 1 is 1.14 bits per heavy atom. The van der Waals surface area contributed by atoms with Gasteiger partial charge in [-0.15, -0.1) is 0 Å². The topological polar surface area (TPSA) is 93.3 Å². The molecule has 0 aliphatic heterocycles. The van der Waals surface area contributed by atoms with Crippen LogP contribution in [0.25, 0.3) is 10.9 Å². The van der Waals surface area contributed by atoms with E-state index in [-0.39, 0.29) is 12.5 Å². The van der Waals surface area contributed by atoms with Crippen LogP contribution in [0.3, 0.4) is 0 Å². The normalized spacial score (nSPS) is 10.9. The Kier molecular flexibility index (Phi) is 6.61. The molecule has 0 saturated carbocycles. The van der Waals surface area contributed by atoms with Crippen LogP contribution in [-0.4, -0.2) is 48.7 Å². The molecule has 0 aliphatic carbocycles. The first-order valence-corrected chi connectivity index (χ1v) is 9.49. The van der Waals surface area contributed by atoms with Crippen molar-refractivity contribution in [1.82, 2.24) is 15.3 Å². The van der Waals surface area contributed by atoms with Gasteiger partial charge >= 0.3 is 5.97 Å². The number of aromatic nitrogens is 2. The molecule has 7 nitrogen and oxygen atoms in total. The van der Waals surface area contributed by atoms with E-state index in [0.29, 0.717) is 42.1 Å². The lowest BCUT2D eigenvalue weighted by molar-refractivity contribution is 0.0387. The van der Waals surface area contributed by atoms with Gasteiger partial charge in [-0.1, -0.05) is 24.3 Å². The lowest BCUT2D eigenvalue weighted by Gasteiger charge is -2.08. The van der Waals surface area contributed by atoms with Crippen LogP contribution in [0.2, 0.25) is 0 Å². The van der Waals surface area contributed by atoms with Gasteiger partial charge in [0.25, 0.3) is 5.91 Å². The summed E-state index contributed by atoms with van der Waals surface area (Å²) in [5.41, 5.74) is 3.96. The highest BCUT2D eigenvalue weighted by atomic mass is 16.6. The highest BCUT2D eigenvalue weighted by molar-refractivity contribution is 6.00. The van der Waals surface area contributed by atoms with Gasteiger partial charge in [0, 0.05) is 30.9 Å². The van der Waals surface area contributed by atoms with Gasteiger partial charge in [0.15, 0.2) is 0 Å².